The molecule has 1 aliphatic heterocycles. The molecule has 1 heterocycles. The first-order valence-electron chi connectivity index (χ1n) is 7.25. The van der Waals surface area contributed by atoms with Gasteiger partial charge in [-0.3, -0.25) is 14.9 Å². The number of nitriles is 1. The molecule has 1 N–H and O–H groups in total. The standard InChI is InChI=1S/C17H10FN3O5/c18-12-3-1-2-4-13(12)20-17(22)11(8-19)5-10-6-15-16(26-9-25-15)7-14(10)21(23)24/h1-7H,9H2,(H,20,22)/b11-5+. The number of hydrogen-bond acceptors (Lipinski definition) is 6. The Hall–Kier alpha value is -3.93. The second kappa shape index (κ2) is 6.90. The van der Waals surface area contributed by atoms with E-state index in [0.717, 1.165) is 18.2 Å². The molecule has 26 heavy (non-hydrogen) atoms. The summed E-state index contributed by atoms with van der Waals surface area (Å²) in [7, 11) is 0. The monoisotopic (exact) mass is 355 g/mol. The fourth-order valence-corrected chi connectivity index (χ4v) is 2.28. The highest BCUT2D eigenvalue weighted by atomic mass is 19.1. The Morgan fingerprint density at radius 3 is 2.65 bits per heavy atom. The number of halogens is 1. The lowest BCUT2D eigenvalue weighted by Gasteiger charge is -2.06. The number of benzene rings is 2. The number of anilines is 1. The summed E-state index contributed by atoms with van der Waals surface area (Å²) in [4.78, 5) is 22.8. The molecular formula is C17H10FN3O5. The molecule has 0 aromatic heterocycles. The van der Waals surface area contributed by atoms with Crippen LogP contribution < -0.4 is 14.8 Å². The molecule has 2 aromatic rings. The van der Waals surface area contributed by atoms with Crippen LogP contribution in [0, 0.1) is 27.3 Å². The van der Waals surface area contributed by atoms with Gasteiger partial charge in [-0.25, -0.2) is 4.39 Å². The number of ether oxygens (including phenoxy) is 2. The van der Waals surface area contributed by atoms with E-state index in [1.807, 2.05) is 0 Å². The summed E-state index contributed by atoms with van der Waals surface area (Å²) in [6, 6.07) is 9.54. The van der Waals surface area contributed by atoms with Crippen molar-refractivity contribution in [2.45, 2.75) is 0 Å². The molecule has 0 atom stereocenters. The molecule has 0 unspecified atom stereocenters. The number of rotatable bonds is 4. The van der Waals surface area contributed by atoms with Crippen LogP contribution in [0.1, 0.15) is 5.56 Å². The predicted octanol–water partition coefficient (Wildman–Crippen LogP) is 3.01. The summed E-state index contributed by atoms with van der Waals surface area (Å²) in [5.74, 6) is -1.12. The Morgan fingerprint density at radius 1 is 1.31 bits per heavy atom. The Labute approximate surface area is 146 Å². The van der Waals surface area contributed by atoms with Crippen LogP contribution in [-0.2, 0) is 4.79 Å². The van der Waals surface area contributed by atoms with Crippen LogP contribution in [0.25, 0.3) is 6.08 Å². The number of amides is 1. The van der Waals surface area contributed by atoms with Crippen LogP contribution in [0.4, 0.5) is 15.8 Å². The van der Waals surface area contributed by atoms with Crippen LogP contribution in [-0.4, -0.2) is 17.6 Å². The molecule has 1 aliphatic rings. The highest BCUT2D eigenvalue weighted by Gasteiger charge is 2.23. The van der Waals surface area contributed by atoms with Gasteiger partial charge in [-0.1, -0.05) is 12.1 Å². The van der Waals surface area contributed by atoms with Crippen molar-refractivity contribution in [3.63, 3.8) is 0 Å². The third kappa shape index (κ3) is 3.29. The molecule has 0 spiro atoms. The molecule has 3 rings (SSSR count). The fraction of sp³-hybridized carbons (Fsp3) is 0.0588. The molecule has 8 nitrogen and oxygen atoms in total. The number of fused-ring (bicyclic) bond motifs is 1. The van der Waals surface area contributed by atoms with E-state index in [9.17, 15) is 24.6 Å². The van der Waals surface area contributed by atoms with E-state index in [1.165, 1.54) is 24.3 Å². The zero-order valence-electron chi connectivity index (χ0n) is 13.1. The molecule has 0 aliphatic carbocycles. The molecule has 0 bridgehead atoms. The van der Waals surface area contributed by atoms with Crippen molar-refractivity contribution in [1.82, 2.24) is 0 Å². The first-order chi connectivity index (χ1) is 12.5. The second-order valence-corrected chi connectivity index (χ2v) is 5.13. The average molecular weight is 355 g/mol. The number of carbonyl (C=O) groups is 1. The van der Waals surface area contributed by atoms with Gasteiger partial charge in [0.15, 0.2) is 11.5 Å². The zero-order chi connectivity index (χ0) is 18.7. The Balaban J connectivity index is 1.97. The smallest absolute Gasteiger partial charge is 0.280 e. The van der Waals surface area contributed by atoms with Gasteiger partial charge < -0.3 is 14.8 Å². The van der Waals surface area contributed by atoms with E-state index in [0.29, 0.717) is 0 Å². The Bertz CT molecular complexity index is 981. The molecule has 0 saturated carbocycles. The number of nitrogens with one attached hydrogen (secondary N) is 1. The van der Waals surface area contributed by atoms with Gasteiger partial charge in [-0.2, -0.15) is 5.26 Å². The minimum absolute atomic E-state index is 0.0144. The van der Waals surface area contributed by atoms with Crippen molar-refractivity contribution < 1.29 is 23.6 Å². The minimum Gasteiger partial charge on any atom is -0.454 e. The molecule has 0 radical (unpaired) electrons. The van der Waals surface area contributed by atoms with Crippen molar-refractivity contribution >= 4 is 23.4 Å². The highest BCUT2D eigenvalue weighted by molar-refractivity contribution is 6.10. The molecule has 130 valence electrons. The van der Waals surface area contributed by atoms with E-state index >= 15 is 0 Å². The van der Waals surface area contributed by atoms with Crippen molar-refractivity contribution in [1.29, 1.82) is 5.26 Å². The first kappa shape index (κ1) is 16.9. The number of nitro benzene ring substituents is 1. The number of carbonyl (C=O) groups excluding carboxylic acids is 1. The lowest BCUT2D eigenvalue weighted by molar-refractivity contribution is -0.385. The number of nitrogens with zero attached hydrogens (tertiary/aromatic N) is 2. The SMILES string of the molecule is N#C/C(=C\c1cc2c(cc1[N+](=O)[O-])OCO2)C(=O)Nc1ccccc1F. The van der Waals surface area contributed by atoms with Crippen molar-refractivity contribution in [3.05, 3.63) is 63.5 Å². The summed E-state index contributed by atoms with van der Waals surface area (Å²) >= 11 is 0. The van der Waals surface area contributed by atoms with Crippen LogP contribution in [0.3, 0.4) is 0 Å². The molecular weight excluding hydrogens is 345 g/mol. The van der Waals surface area contributed by atoms with Gasteiger partial charge >= 0.3 is 0 Å². The lowest BCUT2D eigenvalue weighted by atomic mass is 10.1. The van der Waals surface area contributed by atoms with Crippen LogP contribution >= 0.6 is 0 Å². The van der Waals surface area contributed by atoms with Gasteiger partial charge in [0.2, 0.25) is 6.79 Å². The van der Waals surface area contributed by atoms with Gasteiger partial charge in [-0.05, 0) is 24.3 Å². The van der Waals surface area contributed by atoms with Gasteiger partial charge in [0, 0.05) is 0 Å². The largest absolute Gasteiger partial charge is 0.454 e. The maximum absolute atomic E-state index is 13.6. The van der Waals surface area contributed by atoms with Crippen molar-refractivity contribution in [2.24, 2.45) is 0 Å². The van der Waals surface area contributed by atoms with Gasteiger partial charge in [0.25, 0.3) is 11.6 Å². The van der Waals surface area contributed by atoms with E-state index in [2.05, 4.69) is 5.32 Å². The van der Waals surface area contributed by atoms with E-state index < -0.39 is 22.2 Å². The number of hydrogen-bond donors (Lipinski definition) is 1. The normalized spacial score (nSPS) is 12.4. The summed E-state index contributed by atoms with van der Waals surface area (Å²) in [6.07, 6.45) is 1.04. The first-order valence-corrected chi connectivity index (χ1v) is 7.25. The number of para-hydroxylation sites is 1. The summed E-state index contributed by atoms with van der Waals surface area (Å²) in [5.41, 5.74) is -0.922. The van der Waals surface area contributed by atoms with Gasteiger partial charge in [-0.15, -0.1) is 0 Å². The van der Waals surface area contributed by atoms with E-state index in [4.69, 9.17) is 9.47 Å². The van der Waals surface area contributed by atoms with E-state index in [-0.39, 0.29) is 35.2 Å². The van der Waals surface area contributed by atoms with Crippen LogP contribution in [0.2, 0.25) is 0 Å². The maximum Gasteiger partial charge on any atom is 0.280 e. The van der Waals surface area contributed by atoms with Crippen molar-refractivity contribution in [3.8, 4) is 17.6 Å². The topological polar surface area (TPSA) is 114 Å². The summed E-state index contributed by atoms with van der Waals surface area (Å²) < 4.78 is 23.9. The maximum atomic E-state index is 13.6. The second-order valence-electron chi connectivity index (χ2n) is 5.13. The zero-order valence-corrected chi connectivity index (χ0v) is 13.1. The van der Waals surface area contributed by atoms with Crippen LogP contribution in [0.5, 0.6) is 11.5 Å². The molecule has 1 amide bonds. The van der Waals surface area contributed by atoms with Gasteiger partial charge in [0.1, 0.15) is 17.5 Å². The third-order valence-corrected chi connectivity index (χ3v) is 3.51. The van der Waals surface area contributed by atoms with Gasteiger partial charge in [0.05, 0.1) is 22.2 Å². The number of nitro groups is 1. The molecule has 9 heteroatoms. The molecule has 2 aromatic carbocycles. The molecule has 0 fully saturated rings. The highest BCUT2D eigenvalue weighted by Crippen LogP contribution is 2.38. The third-order valence-electron chi connectivity index (χ3n) is 3.51. The Morgan fingerprint density at radius 2 is 2.00 bits per heavy atom. The van der Waals surface area contributed by atoms with E-state index in [1.54, 1.807) is 6.07 Å². The lowest BCUT2D eigenvalue weighted by Crippen LogP contribution is -2.14. The predicted molar refractivity (Wildman–Crippen MR) is 87.8 cm³/mol. The quantitative estimate of drug-likeness (QED) is 0.390. The average Bonchev–Trinajstić information content (AvgIpc) is 3.08. The van der Waals surface area contributed by atoms with Crippen molar-refractivity contribution in [2.75, 3.05) is 12.1 Å². The fourth-order valence-electron chi connectivity index (χ4n) is 2.28. The summed E-state index contributed by atoms with van der Waals surface area (Å²) in [5, 5.41) is 22.7. The molecule has 0 saturated heterocycles. The Kier molecular flexibility index (Phi) is 4.49. The minimum atomic E-state index is -0.899. The summed E-state index contributed by atoms with van der Waals surface area (Å²) in [6.45, 7) is -0.0848. The van der Waals surface area contributed by atoms with Crippen LogP contribution in [0.15, 0.2) is 42.0 Å².